The van der Waals surface area contributed by atoms with Crippen LogP contribution < -0.4 is 15.9 Å². The monoisotopic (exact) mass is 450 g/mol. The lowest BCUT2D eigenvalue weighted by Gasteiger charge is -2.09. The number of halogens is 1. The molecule has 0 atom stereocenters. The number of benzene rings is 2. The summed E-state index contributed by atoms with van der Waals surface area (Å²) in [5.74, 6) is 0.582. The van der Waals surface area contributed by atoms with Crippen molar-refractivity contribution in [2.45, 2.75) is 6.54 Å². The number of hydrogen-bond acceptors (Lipinski definition) is 6. The summed E-state index contributed by atoms with van der Waals surface area (Å²) >= 11 is 7.42. The van der Waals surface area contributed by atoms with Crippen molar-refractivity contribution in [3.8, 4) is 16.9 Å². The number of nitrogens with zero attached hydrogens (tertiary/aromatic N) is 2. The number of rotatable bonds is 4. The molecule has 0 unspecified atom stereocenters. The molecule has 0 aliphatic heterocycles. The first-order chi connectivity index (χ1) is 15.0. The molecule has 0 aliphatic rings. The van der Waals surface area contributed by atoms with E-state index in [-0.39, 0.29) is 12.1 Å². The van der Waals surface area contributed by atoms with Crippen LogP contribution in [-0.4, -0.2) is 16.7 Å². The van der Waals surface area contributed by atoms with E-state index in [1.807, 2.05) is 23.6 Å². The van der Waals surface area contributed by atoms with Crippen LogP contribution in [0.15, 0.2) is 74.2 Å². The maximum atomic E-state index is 13.4. The van der Waals surface area contributed by atoms with Crippen LogP contribution in [0.25, 0.3) is 32.3 Å². The molecule has 2 aromatic carbocycles. The van der Waals surface area contributed by atoms with Crippen molar-refractivity contribution < 1.29 is 9.15 Å². The van der Waals surface area contributed by atoms with Gasteiger partial charge in [0.15, 0.2) is 0 Å². The molecule has 0 radical (unpaired) electrons. The second kappa shape index (κ2) is 7.68. The van der Waals surface area contributed by atoms with Crippen molar-refractivity contribution in [2.75, 3.05) is 7.11 Å². The summed E-state index contributed by atoms with van der Waals surface area (Å²) in [6.07, 6.45) is 1.51. The quantitative estimate of drug-likeness (QED) is 0.362. The van der Waals surface area contributed by atoms with Crippen molar-refractivity contribution in [1.29, 1.82) is 0 Å². The minimum Gasteiger partial charge on any atom is -0.497 e. The molecule has 5 rings (SSSR count). The molecule has 0 aliphatic carbocycles. The van der Waals surface area contributed by atoms with Gasteiger partial charge >= 0.3 is 5.63 Å². The molecule has 5 aromatic rings. The standard InChI is InChI=1S/C23H15ClN2O4S/c1-29-16-6-7-17-14(8-20(27)30-19(17)9-16)10-26-12-25-22-21(23(26)28)18(11-31-22)13-2-4-15(24)5-3-13/h2-9,11-12H,10H2,1H3. The van der Waals surface area contributed by atoms with E-state index < -0.39 is 5.63 Å². The van der Waals surface area contributed by atoms with E-state index in [0.717, 1.165) is 16.5 Å². The van der Waals surface area contributed by atoms with E-state index in [4.69, 9.17) is 20.8 Å². The number of hydrogen-bond donors (Lipinski definition) is 0. The Hall–Kier alpha value is -3.42. The van der Waals surface area contributed by atoms with Crippen LogP contribution >= 0.6 is 22.9 Å². The molecule has 0 amide bonds. The fraction of sp³-hybridized carbons (Fsp3) is 0.0870. The van der Waals surface area contributed by atoms with Crippen molar-refractivity contribution in [3.63, 3.8) is 0 Å². The fourth-order valence-electron chi connectivity index (χ4n) is 3.57. The number of ether oxygens (including phenoxy) is 1. The van der Waals surface area contributed by atoms with Crippen LogP contribution in [-0.2, 0) is 6.54 Å². The molecule has 31 heavy (non-hydrogen) atoms. The summed E-state index contributed by atoms with van der Waals surface area (Å²) in [4.78, 5) is 30.6. The zero-order chi connectivity index (χ0) is 21.5. The fourth-order valence-corrected chi connectivity index (χ4v) is 4.61. The molecular weight excluding hydrogens is 436 g/mol. The molecule has 8 heteroatoms. The van der Waals surface area contributed by atoms with Gasteiger partial charge in [0.1, 0.15) is 16.2 Å². The lowest BCUT2D eigenvalue weighted by atomic mass is 10.1. The molecule has 6 nitrogen and oxygen atoms in total. The minimum absolute atomic E-state index is 0.175. The number of fused-ring (bicyclic) bond motifs is 2. The molecule has 0 saturated heterocycles. The van der Waals surface area contributed by atoms with Gasteiger partial charge in [0, 0.05) is 33.5 Å². The molecule has 154 valence electrons. The Balaban J connectivity index is 1.64. The number of aromatic nitrogens is 2. The maximum Gasteiger partial charge on any atom is 0.336 e. The number of thiophene rings is 1. The Morgan fingerprint density at radius 1 is 1.13 bits per heavy atom. The first kappa shape index (κ1) is 19.5. The van der Waals surface area contributed by atoms with Gasteiger partial charge in [-0.3, -0.25) is 9.36 Å². The van der Waals surface area contributed by atoms with Gasteiger partial charge in [-0.15, -0.1) is 11.3 Å². The van der Waals surface area contributed by atoms with Gasteiger partial charge in [-0.05, 0) is 35.4 Å². The van der Waals surface area contributed by atoms with E-state index in [1.165, 1.54) is 28.3 Å². The highest BCUT2D eigenvalue weighted by atomic mass is 35.5. The van der Waals surface area contributed by atoms with Gasteiger partial charge in [-0.2, -0.15) is 0 Å². The highest BCUT2D eigenvalue weighted by Crippen LogP contribution is 2.31. The van der Waals surface area contributed by atoms with Crippen molar-refractivity contribution in [3.05, 3.63) is 91.6 Å². The van der Waals surface area contributed by atoms with E-state index in [1.54, 1.807) is 31.4 Å². The third-order valence-corrected chi connectivity index (χ3v) is 6.23. The first-order valence-electron chi connectivity index (χ1n) is 9.37. The highest BCUT2D eigenvalue weighted by Gasteiger charge is 2.15. The second-order valence-corrected chi connectivity index (χ2v) is 8.26. The van der Waals surface area contributed by atoms with Gasteiger partial charge in [0.25, 0.3) is 5.56 Å². The van der Waals surface area contributed by atoms with E-state index >= 15 is 0 Å². The van der Waals surface area contributed by atoms with Gasteiger partial charge in [-0.1, -0.05) is 23.7 Å². The van der Waals surface area contributed by atoms with E-state index in [0.29, 0.717) is 32.1 Å². The zero-order valence-corrected chi connectivity index (χ0v) is 17.9. The van der Waals surface area contributed by atoms with Gasteiger partial charge < -0.3 is 9.15 Å². The summed E-state index contributed by atoms with van der Waals surface area (Å²) < 4.78 is 12.0. The van der Waals surface area contributed by atoms with Crippen LogP contribution in [0.3, 0.4) is 0 Å². The summed E-state index contributed by atoms with van der Waals surface area (Å²) in [6.45, 7) is 0.187. The minimum atomic E-state index is -0.491. The molecule has 0 spiro atoms. The van der Waals surface area contributed by atoms with Crippen LogP contribution in [0.4, 0.5) is 0 Å². The Bertz CT molecular complexity index is 1550. The van der Waals surface area contributed by atoms with Crippen LogP contribution in [0.2, 0.25) is 5.02 Å². The van der Waals surface area contributed by atoms with Gasteiger partial charge in [-0.25, -0.2) is 9.78 Å². The summed E-state index contributed by atoms with van der Waals surface area (Å²) in [5.41, 5.74) is 2.11. The Morgan fingerprint density at radius 2 is 1.94 bits per heavy atom. The average molecular weight is 451 g/mol. The molecule has 0 fully saturated rings. The van der Waals surface area contributed by atoms with E-state index in [2.05, 4.69) is 4.98 Å². The predicted molar refractivity (Wildman–Crippen MR) is 122 cm³/mol. The first-order valence-corrected chi connectivity index (χ1v) is 10.6. The Morgan fingerprint density at radius 3 is 2.71 bits per heavy atom. The molecular formula is C23H15ClN2O4S. The lowest BCUT2D eigenvalue weighted by molar-refractivity contribution is 0.414. The van der Waals surface area contributed by atoms with Gasteiger partial charge in [0.2, 0.25) is 0 Å². The second-order valence-electron chi connectivity index (χ2n) is 6.97. The molecule has 3 aromatic heterocycles. The molecule has 3 heterocycles. The SMILES string of the molecule is COc1ccc2c(Cn3cnc4scc(-c5ccc(Cl)cc5)c4c3=O)cc(=O)oc2c1. The third kappa shape index (κ3) is 3.52. The summed E-state index contributed by atoms with van der Waals surface area (Å²) in [7, 11) is 1.54. The van der Waals surface area contributed by atoms with Crippen molar-refractivity contribution in [1.82, 2.24) is 9.55 Å². The molecule has 0 saturated carbocycles. The molecule has 0 N–H and O–H groups in total. The highest BCUT2D eigenvalue weighted by molar-refractivity contribution is 7.17. The maximum absolute atomic E-state index is 13.4. The largest absolute Gasteiger partial charge is 0.497 e. The third-order valence-electron chi connectivity index (χ3n) is 5.09. The molecule has 0 bridgehead atoms. The van der Waals surface area contributed by atoms with Gasteiger partial charge in [0.05, 0.1) is 25.4 Å². The Labute approximate surface area is 184 Å². The van der Waals surface area contributed by atoms with E-state index in [9.17, 15) is 9.59 Å². The van der Waals surface area contributed by atoms with Crippen molar-refractivity contribution >= 4 is 44.1 Å². The van der Waals surface area contributed by atoms with Crippen LogP contribution in [0, 0.1) is 0 Å². The lowest BCUT2D eigenvalue weighted by Crippen LogP contribution is -2.21. The Kier molecular flexibility index (Phi) is 4.84. The summed E-state index contributed by atoms with van der Waals surface area (Å²) in [5, 5.41) is 3.83. The topological polar surface area (TPSA) is 74.3 Å². The van der Waals surface area contributed by atoms with Crippen LogP contribution in [0.5, 0.6) is 5.75 Å². The van der Waals surface area contributed by atoms with Crippen molar-refractivity contribution in [2.24, 2.45) is 0 Å². The normalized spacial score (nSPS) is 11.3. The summed E-state index contributed by atoms with van der Waals surface area (Å²) in [6, 6.07) is 14.0. The zero-order valence-electron chi connectivity index (χ0n) is 16.3. The number of methoxy groups -OCH3 is 1. The average Bonchev–Trinajstić information content (AvgIpc) is 3.20. The predicted octanol–water partition coefficient (Wildman–Crippen LogP) is 4.94. The van der Waals surface area contributed by atoms with Crippen LogP contribution in [0.1, 0.15) is 5.56 Å². The smallest absolute Gasteiger partial charge is 0.336 e.